The Bertz CT molecular complexity index is 562. The van der Waals surface area contributed by atoms with Gasteiger partial charge in [-0.2, -0.15) is 0 Å². The van der Waals surface area contributed by atoms with E-state index in [0.717, 1.165) is 16.9 Å². The molecule has 0 radical (unpaired) electrons. The molecule has 1 aromatic carbocycles. The summed E-state index contributed by atoms with van der Waals surface area (Å²) < 4.78 is 0. The molecule has 0 aliphatic carbocycles. The molecule has 0 amide bonds. The first-order chi connectivity index (χ1) is 8.19. The molecular weight excluding hydrogens is 254 g/mol. The third-order valence-corrected chi connectivity index (χ3v) is 3.41. The highest BCUT2D eigenvalue weighted by atomic mass is 35.5. The van der Waals surface area contributed by atoms with Gasteiger partial charge in [0.05, 0.1) is 0 Å². The van der Waals surface area contributed by atoms with Gasteiger partial charge >= 0.3 is 0 Å². The summed E-state index contributed by atoms with van der Waals surface area (Å²) >= 11 is 7.61. The van der Waals surface area contributed by atoms with Crippen LogP contribution < -0.4 is 5.56 Å². The van der Waals surface area contributed by atoms with Crippen molar-refractivity contribution in [1.29, 1.82) is 0 Å². The van der Waals surface area contributed by atoms with Crippen molar-refractivity contribution in [1.82, 2.24) is 4.98 Å². The van der Waals surface area contributed by atoms with Crippen LogP contribution in [0.5, 0.6) is 0 Å². The molecule has 0 saturated carbocycles. The Balaban J connectivity index is 2.36. The summed E-state index contributed by atoms with van der Waals surface area (Å²) in [4.78, 5) is 15.1. The minimum atomic E-state index is -0.181. The number of aromatic amines is 1. The van der Waals surface area contributed by atoms with Gasteiger partial charge in [-0.1, -0.05) is 30.7 Å². The predicted octanol–water partition coefficient (Wildman–Crippen LogP) is 3.81. The maximum Gasteiger partial charge on any atom is 0.249 e. The van der Waals surface area contributed by atoms with E-state index < -0.39 is 0 Å². The number of hydrogen-bond acceptors (Lipinski definition) is 2. The van der Waals surface area contributed by atoms with Gasteiger partial charge in [-0.3, -0.25) is 4.79 Å². The average molecular weight is 266 g/mol. The van der Waals surface area contributed by atoms with Crippen LogP contribution in [0.2, 0.25) is 5.15 Å². The maximum atomic E-state index is 11.3. The molecule has 4 heteroatoms. The van der Waals surface area contributed by atoms with Gasteiger partial charge in [0, 0.05) is 11.0 Å². The van der Waals surface area contributed by atoms with Crippen molar-refractivity contribution in [2.75, 3.05) is 5.75 Å². The number of rotatable bonds is 3. The quantitative estimate of drug-likeness (QED) is 0.676. The zero-order valence-corrected chi connectivity index (χ0v) is 10.9. The van der Waals surface area contributed by atoms with E-state index in [1.54, 1.807) is 23.9 Å². The van der Waals surface area contributed by atoms with Gasteiger partial charge in [-0.15, -0.1) is 11.8 Å². The van der Waals surface area contributed by atoms with Crippen molar-refractivity contribution < 1.29 is 0 Å². The van der Waals surface area contributed by atoms with Gasteiger partial charge in [0.1, 0.15) is 5.15 Å². The van der Waals surface area contributed by atoms with Crippen molar-refractivity contribution in [2.24, 2.45) is 0 Å². The van der Waals surface area contributed by atoms with Crippen LogP contribution in [0.4, 0.5) is 0 Å². The van der Waals surface area contributed by atoms with E-state index >= 15 is 0 Å². The van der Waals surface area contributed by atoms with Crippen molar-refractivity contribution in [3.05, 3.63) is 51.9 Å². The molecule has 0 aliphatic heterocycles. The van der Waals surface area contributed by atoms with E-state index in [4.69, 9.17) is 11.6 Å². The van der Waals surface area contributed by atoms with Crippen LogP contribution in [-0.2, 0) is 0 Å². The summed E-state index contributed by atoms with van der Waals surface area (Å²) in [6.07, 6.45) is 0. The Labute approximate surface area is 109 Å². The van der Waals surface area contributed by atoms with E-state index in [1.807, 2.05) is 12.1 Å². The van der Waals surface area contributed by atoms with Crippen molar-refractivity contribution in [3.8, 4) is 11.1 Å². The number of thioether (sulfide) groups is 1. The smallest absolute Gasteiger partial charge is 0.249 e. The highest BCUT2D eigenvalue weighted by Gasteiger charge is 2.01. The molecule has 0 saturated heterocycles. The molecular formula is C13H12ClNOS. The monoisotopic (exact) mass is 265 g/mol. The van der Waals surface area contributed by atoms with Gasteiger partial charge in [-0.05, 0) is 35.1 Å². The predicted molar refractivity (Wildman–Crippen MR) is 73.9 cm³/mol. The summed E-state index contributed by atoms with van der Waals surface area (Å²) in [6.45, 7) is 2.12. The molecule has 2 rings (SSSR count). The third-order valence-electron chi connectivity index (χ3n) is 2.31. The molecule has 0 bridgehead atoms. The van der Waals surface area contributed by atoms with E-state index in [0.29, 0.717) is 5.15 Å². The number of hydrogen-bond donors (Lipinski definition) is 1. The average Bonchev–Trinajstić information content (AvgIpc) is 2.29. The fourth-order valence-electron chi connectivity index (χ4n) is 1.59. The molecule has 88 valence electrons. The zero-order valence-electron chi connectivity index (χ0n) is 9.37. The number of nitrogens with one attached hydrogen (secondary N) is 1. The number of benzene rings is 1. The number of pyridine rings is 1. The van der Waals surface area contributed by atoms with Crippen LogP contribution in [0.15, 0.2) is 46.1 Å². The lowest BCUT2D eigenvalue weighted by Gasteiger charge is -2.03. The van der Waals surface area contributed by atoms with E-state index in [1.165, 1.54) is 4.90 Å². The fraction of sp³-hybridized carbons (Fsp3) is 0.154. The summed E-state index contributed by atoms with van der Waals surface area (Å²) in [7, 11) is 0. The minimum absolute atomic E-state index is 0.181. The standard InChI is InChI=1S/C13H12ClNOS/c1-2-17-11-5-3-9(4-6-11)10-7-12(14)15-13(16)8-10/h3-8H,2H2,1H3,(H,15,16). The van der Waals surface area contributed by atoms with E-state index in [9.17, 15) is 4.79 Å². The van der Waals surface area contributed by atoms with Crippen molar-refractivity contribution in [3.63, 3.8) is 0 Å². The van der Waals surface area contributed by atoms with Crippen LogP contribution in [0.1, 0.15) is 6.92 Å². The second kappa shape index (κ2) is 5.43. The fourth-order valence-corrected chi connectivity index (χ4v) is 2.46. The van der Waals surface area contributed by atoms with Gasteiger partial charge in [-0.25, -0.2) is 0 Å². The molecule has 2 aromatic rings. The van der Waals surface area contributed by atoms with Crippen LogP contribution in [0, 0.1) is 0 Å². The molecule has 0 aliphatic rings. The summed E-state index contributed by atoms with van der Waals surface area (Å²) in [5.41, 5.74) is 1.66. The highest BCUT2D eigenvalue weighted by Crippen LogP contribution is 2.24. The summed E-state index contributed by atoms with van der Waals surface area (Å²) in [5.74, 6) is 1.05. The Hall–Kier alpha value is -1.19. The van der Waals surface area contributed by atoms with Gasteiger partial charge in [0.2, 0.25) is 5.56 Å². The number of aromatic nitrogens is 1. The molecule has 0 spiro atoms. The normalized spacial score (nSPS) is 10.5. The first-order valence-corrected chi connectivity index (χ1v) is 6.68. The van der Waals surface area contributed by atoms with Crippen LogP contribution in [0.3, 0.4) is 0 Å². The lowest BCUT2D eigenvalue weighted by Crippen LogP contribution is -2.03. The molecule has 1 aromatic heterocycles. The lowest BCUT2D eigenvalue weighted by molar-refractivity contribution is 1.24. The van der Waals surface area contributed by atoms with Crippen LogP contribution >= 0.6 is 23.4 Å². The first kappa shape index (κ1) is 12.3. The summed E-state index contributed by atoms with van der Waals surface area (Å²) in [6, 6.07) is 11.4. The van der Waals surface area contributed by atoms with Crippen LogP contribution in [-0.4, -0.2) is 10.7 Å². The molecule has 0 fully saturated rings. The topological polar surface area (TPSA) is 32.9 Å². The van der Waals surface area contributed by atoms with Gasteiger partial charge in [0.15, 0.2) is 0 Å². The second-order valence-corrected chi connectivity index (χ2v) is 5.28. The Morgan fingerprint density at radius 2 is 1.88 bits per heavy atom. The Morgan fingerprint density at radius 1 is 1.18 bits per heavy atom. The Morgan fingerprint density at radius 3 is 2.47 bits per heavy atom. The maximum absolute atomic E-state index is 11.3. The van der Waals surface area contributed by atoms with Crippen molar-refractivity contribution >= 4 is 23.4 Å². The molecule has 0 unspecified atom stereocenters. The molecule has 17 heavy (non-hydrogen) atoms. The van der Waals surface area contributed by atoms with E-state index in [-0.39, 0.29) is 5.56 Å². The number of H-pyrrole nitrogens is 1. The molecule has 1 heterocycles. The first-order valence-electron chi connectivity index (χ1n) is 5.32. The van der Waals surface area contributed by atoms with Gasteiger partial charge in [0.25, 0.3) is 0 Å². The SMILES string of the molecule is CCSc1ccc(-c2cc(Cl)[nH]c(=O)c2)cc1. The zero-order chi connectivity index (χ0) is 12.3. The highest BCUT2D eigenvalue weighted by molar-refractivity contribution is 7.99. The third kappa shape index (κ3) is 3.14. The summed E-state index contributed by atoms with van der Waals surface area (Å²) in [5, 5.41) is 0.361. The minimum Gasteiger partial charge on any atom is -0.313 e. The Kier molecular flexibility index (Phi) is 3.92. The molecule has 2 nitrogen and oxygen atoms in total. The molecule has 0 atom stereocenters. The van der Waals surface area contributed by atoms with Gasteiger partial charge < -0.3 is 4.98 Å². The largest absolute Gasteiger partial charge is 0.313 e. The van der Waals surface area contributed by atoms with Crippen molar-refractivity contribution in [2.45, 2.75) is 11.8 Å². The second-order valence-electron chi connectivity index (χ2n) is 3.54. The lowest BCUT2D eigenvalue weighted by atomic mass is 10.1. The van der Waals surface area contributed by atoms with Crippen LogP contribution in [0.25, 0.3) is 11.1 Å². The van der Waals surface area contributed by atoms with E-state index in [2.05, 4.69) is 24.0 Å². The number of halogens is 1. The molecule has 1 N–H and O–H groups in total.